The van der Waals surface area contributed by atoms with E-state index in [1.165, 1.54) is 30.4 Å². The maximum atomic E-state index is 11.5. The molecule has 0 bridgehead atoms. The van der Waals surface area contributed by atoms with Crippen LogP contribution >= 0.6 is 34.7 Å². The number of carbonyl (C=O) groups is 1. The second-order valence-corrected chi connectivity index (χ2v) is 9.00. The Hall–Kier alpha value is -1.83. The predicted octanol–water partition coefficient (Wildman–Crippen LogP) is 5.24. The zero-order chi connectivity index (χ0) is 18.8. The summed E-state index contributed by atoms with van der Waals surface area (Å²) in [5.74, 6) is 2.86. The van der Waals surface area contributed by atoms with Crippen LogP contribution in [-0.4, -0.2) is 33.7 Å². The fraction of sp³-hybridized carbons (Fsp3) is 0.316. The smallest absolute Gasteiger partial charge is 0.309 e. The minimum atomic E-state index is -0.406. The van der Waals surface area contributed by atoms with E-state index in [2.05, 4.69) is 21.6 Å². The largest absolute Gasteiger partial charge is 0.404 e. The van der Waals surface area contributed by atoms with Gasteiger partial charge in [-0.3, -0.25) is 4.79 Å². The summed E-state index contributed by atoms with van der Waals surface area (Å²) in [5, 5.41) is 13.6. The lowest BCUT2D eigenvalue weighted by molar-refractivity contribution is -0.132. The van der Waals surface area contributed by atoms with Crippen molar-refractivity contribution in [3.05, 3.63) is 35.4 Å². The van der Waals surface area contributed by atoms with E-state index >= 15 is 0 Å². The Bertz CT molecular complexity index is 969. The van der Waals surface area contributed by atoms with Crippen LogP contribution < -0.4 is 10.1 Å². The number of hydrogen-bond acceptors (Lipinski definition) is 7. The van der Waals surface area contributed by atoms with Crippen LogP contribution in [0.5, 0.6) is 5.88 Å². The van der Waals surface area contributed by atoms with E-state index in [1.54, 1.807) is 0 Å². The van der Waals surface area contributed by atoms with Crippen molar-refractivity contribution in [2.75, 3.05) is 16.8 Å². The zero-order valence-electron chi connectivity index (χ0n) is 14.7. The van der Waals surface area contributed by atoms with Crippen molar-refractivity contribution < 1.29 is 9.53 Å². The first-order chi connectivity index (χ1) is 13.1. The molecule has 1 atom stereocenters. The second kappa shape index (κ2) is 8.04. The SMILES string of the molecule is CC(=O)Oc1nnc(NC2CCCSC2)c2cc(-c3ccc(Cl)cc3)sc12. The van der Waals surface area contributed by atoms with Gasteiger partial charge < -0.3 is 10.1 Å². The molecule has 0 radical (unpaired) electrons. The molecule has 4 rings (SSSR count). The number of thioether (sulfide) groups is 1. The van der Waals surface area contributed by atoms with Gasteiger partial charge in [-0.25, -0.2) is 0 Å². The Morgan fingerprint density at radius 3 is 2.81 bits per heavy atom. The normalized spacial score (nSPS) is 17.0. The van der Waals surface area contributed by atoms with E-state index in [0.29, 0.717) is 11.1 Å². The first kappa shape index (κ1) is 18.5. The van der Waals surface area contributed by atoms with E-state index in [4.69, 9.17) is 16.3 Å². The molecular weight excluding hydrogens is 402 g/mol. The average Bonchev–Trinajstić information content (AvgIpc) is 3.11. The summed E-state index contributed by atoms with van der Waals surface area (Å²) >= 11 is 9.49. The van der Waals surface area contributed by atoms with Gasteiger partial charge in [-0.2, -0.15) is 11.8 Å². The number of aromatic nitrogens is 2. The van der Waals surface area contributed by atoms with Crippen LogP contribution in [0, 0.1) is 0 Å². The quantitative estimate of drug-likeness (QED) is 0.583. The summed E-state index contributed by atoms with van der Waals surface area (Å²) in [6.07, 6.45) is 2.32. The molecule has 1 aromatic carbocycles. The number of carbonyl (C=O) groups excluding carboxylic acids is 1. The average molecular weight is 420 g/mol. The van der Waals surface area contributed by atoms with E-state index in [0.717, 1.165) is 38.5 Å². The molecule has 2 aromatic heterocycles. The number of nitrogens with zero attached hydrogens (tertiary/aromatic N) is 2. The van der Waals surface area contributed by atoms with Crippen molar-refractivity contribution in [3.63, 3.8) is 0 Å². The number of esters is 1. The van der Waals surface area contributed by atoms with Crippen molar-refractivity contribution in [2.24, 2.45) is 0 Å². The number of thiophene rings is 1. The van der Waals surface area contributed by atoms with E-state index in [-0.39, 0.29) is 5.88 Å². The third kappa shape index (κ3) is 4.20. The third-order valence-electron chi connectivity index (χ3n) is 4.29. The van der Waals surface area contributed by atoms with Gasteiger partial charge in [-0.05, 0) is 42.4 Å². The lowest BCUT2D eigenvalue weighted by Crippen LogP contribution is -2.26. The Labute approximate surface area is 170 Å². The number of rotatable bonds is 4. The molecule has 0 spiro atoms. The Balaban J connectivity index is 1.76. The lowest BCUT2D eigenvalue weighted by Gasteiger charge is -2.23. The van der Waals surface area contributed by atoms with Crippen LogP contribution in [0.1, 0.15) is 19.8 Å². The molecule has 0 amide bonds. The van der Waals surface area contributed by atoms with Crippen LogP contribution in [0.4, 0.5) is 5.82 Å². The maximum absolute atomic E-state index is 11.5. The van der Waals surface area contributed by atoms with Gasteiger partial charge in [0.25, 0.3) is 5.88 Å². The first-order valence-corrected chi connectivity index (χ1v) is 11.0. The number of ether oxygens (including phenoxy) is 1. The molecule has 1 aliphatic heterocycles. The fourth-order valence-corrected chi connectivity index (χ4v) is 5.32. The molecule has 0 aliphatic carbocycles. The zero-order valence-corrected chi connectivity index (χ0v) is 17.1. The molecule has 1 N–H and O–H groups in total. The van der Waals surface area contributed by atoms with Gasteiger partial charge in [0.2, 0.25) is 0 Å². The van der Waals surface area contributed by atoms with Crippen LogP contribution in [0.15, 0.2) is 30.3 Å². The molecule has 1 fully saturated rings. The molecule has 3 heterocycles. The summed E-state index contributed by atoms with van der Waals surface area (Å²) in [4.78, 5) is 12.5. The van der Waals surface area contributed by atoms with E-state index < -0.39 is 5.97 Å². The number of fused-ring (bicyclic) bond motifs is 1. The van der Waals surface area contributed by atoms with Gasteiger partial charge in [0.15, 0.2) is 5.82 Å². The molecule has 140 valence electrons. The standard InChI is InChI=1S/C19H18ClN3O2S2/c1-11(24)25-19-17-15(9-16(27-17)12-4-6-13(20)7-5-12)18(22-23-19)21-14-3-2-8-26-10-14/h4-7,9,14H,2-3,8,10H2,1H3,(H,21,22). The summed E-state index contributed by atoms with van der Waals surface area (Å²) in [7, 11) is 0. The van der Waals surface area contributed by atoms with E-state index in [1.807, 2.05) is 36.0 Å². The molecular formula is C19H18ClN3O2S2. The first-order valence-electron chi connectivity index (χ1n) is 8.69. The van der Waals surface area contributed by atoms with E-state index in [9.17, 15) is 4.79 Å². The maximum Gasteiger partial charge on any atom is 0.309 e. The van der Waals surface area contributed by atoms with Gasteiger partial charge in [-0.1, -0.05) is 23.7 Å². The molecule has 1 saturated heterocycles. The van der Waals surface area contributed by atoms with Gasteiger partial charge in [-0.15, -0.1) is 21.5 Å². The molecule has 8 heteroatoms. The number of hydrogen-bond donors (Lipinski definition) is 1. The van der Waals surface area contributed by atoms with Crippen LogP contribution in [-0.2, 0) is 4.79 Å². The predicted molar refractivity (Wildman–Crippen MR) is 113 cm³/mol. The molecule has 3 aromatic rings. The van der Waals surface area contributed by atoms with Crippen molar-refractivity contribution in [1.29, 1.82) is 0 Å². The van der Waals surface area contributed by atoms with Crippen molar-refractivity contribution in [3.8, 4) is 16.3 Å². The Morgan fingerprint density at radius 1 is 1.30 bits per heavy atom. The molecule has 27 heavy (non-hydrogen) atoms. The number of anilines is 1. The molecule has 1 aliphatic rings. The Morgan fingerprint density at radius 2 is 2.11 bits per heavy atom. The number of halogens is 1. The number of benzene rings is 1. The fourth-order valence-electron chi connectivity index (χ4n) is 3.03. The summed E-state index contributed by atoms with van der Waals surface area (Å²) in [5.41, 5.74) is 1.05. The minimum absolute atomic E-state index is 0.256. The van der Waals surface area contributed by atoms with Crippen LogP contribution in [0.3, 0.4) is 0 Å². The summed E-state index contributed by atoms with van der Waals surface area (Å²) in [6, 6.07) is 10.1. The second-order valence-electron chi connectivity index (χ2n) is 6.37. The summed E-state index contributed by atoms with van der Waals surface area (Å²) < 4.78 is 6.10. The Kier molecular flexibility index (Phi) is 5.52. The highest BCUT2D eigenvalue weighted by Gasteiger charge is 2.20. The van der Waals surface area contributed by atoms with Crippen molar-refractivity contribution >= 4 is 56.6 Å². The molecule has 0 saturated carbocycles. The third-order valence-corrected chi connectivity index (χ3v) is 6.93. The molecule has 1 unspecified atom stereocenters. The topological polar surface area (TPSA) is 64.1 Å². The highest BCUT2D eigenvalue weighted by Crippen LogP contribution is 2.40. The molecule has 5 nitrogen and oxygen atoms in total. The van der Waals surface area contributed by atoms with Gasteiger partial charge in [0, 0.05) is 34.0 Å². The van der Waals surface area contributed by atoms with Crippen molar-refractivity contribution in [2.45, 2.75) is 25.8 Å². The van der Waals surface area contributed by atoms with Crippen LogP contribution in [0.25, 0.3) is 20.5 Å². The van der Waals surface area contributed by atoms with Crippen molar-refractivity contribution in [1.82, 2.24) is 10.2 Å². The van der Waals surface area contributed by atoms with Gasteiger partial charge >= 0.3 is 5.97 Å². The monoisotopic (exact) mass is 419 g/mol. The van der Waals surface area contributed by atoms with Gasteiger partial charge in [0.1, 0.15) is 4.70 Å². The summed E-state index contributed by atoms with van der Waals surface area (Å²) in [6.45, 7) is 1.37. The minimum Gasteiger partial charge on any atom is -0.404 e. The lowest BCUT2D eigenvalue weighted by atomic mass is 10.1. The van der Waals surface area contributed by atoms with Gasteiger partial charge in [0.05, 0.1) is 0 Å². The van der Waals surface area contributed by atoms with Crippen LogP contribution in [0.2, 0.25) is 5.02 Å². The highest BCUT2D eigenvalue weighted by atomic mass is 35.5. The highest BCUT2D eigenvalue weighted by molar-refractivity contribution is 7.99. The number of nitrogens with one attached hydrogen (secondary N) is 1.